The van der Waals surface area contributed by atoms with Crippen LogP contribution in [0.3, 0.4) is 0 Å². The van der Waals surface area contributed by atoms with Crippen LogP contribution in [-0.4, -0.2) is 16.6 Å². The maximum atomic E-state index is 8.85. The SMILES string of the molecule is CCCC(CN)c1csc(CO)n1. The van der Waals surface area contributed by atoms with Gasteiger partial charge < -0.3 is 10.8 Å². The van der Waals surface area contributed by atoms with Crippen LogP contribution in [0, 0.1) is 0 Å². The van der Waals surface area contributed by atoms with Crippen LogP contribution in [-0.2, 0) is 6.61 Å². The van der Waals surface area contributed by atoms with Crippen molar-refractivity contribution < 1.29 is 5.11 Å². The van der Waals surface area contributed by atoms with Gasteiger partial charge in [0.05, 0.1) is 12.3 Å². The Morgan fingerprint density at radius 2 is 2.46 bits per heavy atom. The average molecular weight is 200 g/mol. The Morgan fingerprint density at radius 3 is 2.92 bits per heavy atom. The molecular weight excluding hydrogens is 184 g/mol. The first-order valence-corrected chi connectivity index (χ1v) is 5.45. The van der Waals surface area contributed by atoms with E-state index in [1.807, 2.05) is 5.38 Å². The molecule has 0 saturated carbocycles. The summed E-state index contributed by atoms with van der Waals surface area (Å²) >= 11 is 1.50. The van der Waals surface area contributed by atoms with Gasteiger partial charge in [-0.05, 0) is 6.42 Å². The van der Waals surface area contributed by atoms with Gasteiger partial charge in [-0.15, -0.1) is 11.3 Å². The maximum Gasteiger partial charge on any atom is 0.118 e. The first kappa shape index (κ1) is 10.6. The summed E-state index contributed by atoms with van der Waals surface area (Å²) in [5.41, 5.74) is 6.68. The topological polar surface area (TPSA) is 59.1 Å². The maximum absolute atomic E-state index is 8.85. The third-order valence-electron chi connectivity index (χ3n) is 2.04. The molecule has 0 aliphatic heterocycles. The number of aliphatic hydroxyl groups is 1. The average Bonchev–Trinajstić information content (AvgIpc) is 2.62. The molecule has 0 aliphatic carbocycles. The Kier molecular flexibility index (Phi) is 4.35. The molecule has 3 N–H and O–H groups in total. The van der Waals surface area contributed by atoms with Gasteiger partial charge in [-0.3, -0.25) is 0 Å². The molecule has 74 valence electrons. The molecule has 1 aromatic rings. The first-order chi connectivity index (χ1) is 6.31. The molecule has 0 bridgehead atoms. The fourth-order valence-corrected chi connectivity index (χ4v) is 2.05. The van der Waals surface area contributed by atoms with E-state index in [-0.39, 0.29) is 6.61 Å². The number of hydrogen-bond acceptors (Lipinski definition) is 4. The van der Waals surface area contributed by atoms with Crippen molar-refractivity contribution in [1.29, 1.82) is 0 Å². The largest absolute Gasteiger partial charge is 0.389 e. The van der Waals surface area contributed by atoms with Gasteiger partial charge >= 0.3 is 0 Å². The number of aliphatic hydroxyl groups excluding tert-OH is 1. The van der Waals surface area contributed by atoms with Crippen LogP contribution in [0.5, 0.6) is 0 Å². The van der Waals surface area contributed by atoms with Gasteiger partial charge in [-0.1, -0.05) is 13.3 Å². The first-order valence-electron chi connectivity index (χ1n) is 4.57. The van der Waals surface area contributed by atoms with Gasteiger partial charge in [0.2, 0.25) is 0 Å². The molecule has 0 spiro atoms. The minimum absolute atomic E-state index is 0.0358. The number of aromatic nitrogens is 1. The van der Waals surface area contributed by atoms with Gasteiger partial charge in [-0.2, -0.15) is 0 Å². The lowest BCUT2D eigenvalue weighted by molar-refractivity contribution is 0.281. The summed E-state index contributed by atoms with van der Waals surface area (Å²) in [5.74, 6) is 0.363. The lowest BCUT2D eigenvalue weighted by Gasteiger charge is -2.09. The number of hydrogen-bond donors (Lipinski definition) is 2. The Morgan fingerprint density at radius 1 is 1.69 bits per heavy atom. The van der Waals surface area contributed by atoms with Gasteiger partial charge in [-0.25, -0.2) is 4.98 Å². The van der Waals surface area contributed by atoms with E-state index in [1.165, 1.54) is 11.3 Å². The Hall–Kier alpha value is -0.450. The zero-order valence-electron chi connectivity index (χ0n) is 7.86. The highest BCUT2D eigenvalue weighted by atomic mass is 32.1. The van der Waals surface area contributed by atoms with E-state index < -0.39 is 0 Å². The van der Waals surface area contributed by atoms with Gasteiger partial charge in [0.25, 0.3) is 0 Å². The molecule has 4 heteroatoms. The van der Waals surface area contributed by atoms with E-state index in [4.69, 9.17) is 10.8 Å². The molecule has 1 atom stereocenters. The Bertz CT molecular complexity index is 250. The Balaban J connectivity index is 2.67. The van der Waals surface area contributed by atoms with Gasteiger partial charge in [0, 0.05) is 17.8 Å². The normalized spacial score (nSPS) is 13.2. The van der Waals surface area contributed by atoms with Crippen LogP contribution >= 0.6 is 11.3 Å². The van der Waals surface area contributed by atoms with Crippen molar-refractivity contribution in [2.24, 2.45) is 5.73 Å². The summed E-state index contributed by atoms with van der Waals surface area (Å²) in [5, 5.41) is 11.6. The van der Waals surface area contributed by atoms with Crippen molar-refractivity contribution in [1.82, 2.24) is 4.98 Å². The Labute approximate surface area is 82.6 Å². The lowest BCUT2D eigenvalue weighted by Crippen LogP contribution is -2.12. The van der Waals surface area contributed by atoms with Crippen LogP contribution in [0.2, 0.25) is 0 Å². The second kappa shape index (κ2) is 5.32. The second-order valence-electron chi connectivity index (χ2n) is 3.05. The van der Waals surface area contributed by atoms with E-state index >= 15 is 0 Å². The quantitative estimate of drug-likeness (QED) is 0.757. The third kappa shape index (κ3) is 2.76. The monoisotopic (exact) mass is 200 g/mol. The number of nitrogens with two attached hydrogens (primary N) is 1. The van der Waals surface area contributed by atoms with Gasteiger partial charge in [0.1, 0.15) is 5.01 Å². The second-order valence-corrected chi connectivity index (χ2v) is 3.99. The highest BCUT2D eigenvalue weighted by Crippen LogP contribution is 2.21. The highest BCUT2D eigenvalue weighted by Gasteiger charge is 2.11. The van der Waals surface area contributed by atoms with Gasteiger partial charge in [0.15, 0.2) is 0 Å². The van der Waals surface area contributed by atoms with E-state index in [2.05, 4.69) is 11.9 Å². The van der Waals surface area contributed by atoms with E-state index in [0.717, 1.165) is 23.5 Å². The molecule has 0 amide bonds. The highest BCUT2D eigenvalue weighted by molar-refractivity contribution is 7.09. The van der Waals surface area contributed by atoms with Crippen molar-refractivity contribution >= 4 is 11.3 Å². The zero-order valence-corrected chi connectivity index (χ0v) is 8.68. The summed E-state index contributed by atoms with van der Waals surface area (Å²) in [4.78, 5) is 4.31. The minimum Gasteiger partial charge on any atom is -0.389 e. The molecule has 1 aromatic heterocycles. The molecule has 1 rings (SSSR count). The summed E-state index contributed by atoms with van der Waals surface area (Å²) in [7, 11) is 0. The smallest absolute Gasteiger partial charge is 0.118 e. The van der Waals surface area contributed by atoms with Crippen LogP contribution in [0.4, 0.5) is 0 Å². The van der Waals surface area contributed by atoms with Crippen LogP contribution in [0.25, 0.3) is 0 Å². The molecule has 0 fully saturated rings. The summed E-state index contributed by atoms with van der Waals surface area (Å²) in [6.45, 7) is 2.82. The standard InChI is InChI=1S/C9H16N2OS/c1-2-3-7(4-10)8-6-13-9(5-12)11-8/h6-7,12H,2-5,10H2,1H3. The van der Waals surface area contributed by atoms with Crippen molar-refractivity contribution in [2.75, 3.05) is 6.54 Å². The van der Waals surface area contributed by atoms with E-state index in [0.29, 0.717) is 12.5 Å². The van der Waals surface area contributed by atoms with Crippen molar-refractivity contribution in [3.63, 3.8) is 0 Å². The zero-order chi connectivity index (χ0) is 9.68. The molecule has 3 nitrogen and oxygen atoms in total. The van der Waals surface area contributed by atoms with E-state index in [9.17, 15) is 0 Å². The van der Waals surface area contributed by atoms with Crippen molar-refractivity contribution in [3.8, 4) is 0 Å². The predicted octanol–water partition coefficient (Wildman–Crippen LogP) is 1.48. The summed E-state index contributed by atoms with van der Waals surface area (Å²) in [6, 6.07) is 0. The molecule has 0 aliphatic rings. The van der Waals surface area contributed by atoms with Crippen LogP contribution < -0.4 is 5.73 Å². The molecule has 1 heterocycles. The molecule has 0 saturated heterocycles. The lowest BCUT2D eigenvalue weighted by atomic mass is 10.0. The third-order valence-corrected chi connectivity index (χ3v) is 2.90. The van der Waals surface area contributed by atoms with Crippen molar-refractivity contribution in [2.45, 2.75) is 32.3 Å². The molecule has 13 heavy (non-hydrogen) atoms. The minimum atomic E-state index is 0.0358. The number of thiazole rings is 1. The fraction of sp³-hybridized carbons (Fsp3) is 0.667. The predicted molar refractivity (Wildman–Crippen MR) is 54.7 cm³/mol. The number of rotatable bonds is 5. The summed E-state index contributed by atoms with van der Waals surface area (Å²) < 4.78 is 0. The van der Waals surface area contributed by atoms with Crippen LogP contribution in [0.1, 0.15) is 36.4 Å². The summed E-state index contributed by atoms with van der Waals surface area (Å²) in [6.07, 6.45) is 2.19. The molecule has 1 unspecified atom stereocenters. The molecular formula is C9H16N2OS. The number of nitrogens with zero attached hydrogens (tertiary/aromatic N) is 1. The fourth-order valence-electron chi connectivity index (χ4n) is 1.32. The molecule has 0 aromatic carbocycles. The van der Waals surface area contributed by atoms with Crippen molar-refractivity contribution in [3.05, 3.63) is 16.1 Å². The van der Waals surface area contributed by atoms with E-state index in [1.54, 1.807) is 0 Å². The van der Waals surface area contributed by atoms with Crippen LogP contribution in [0.15, 0.2) is 5.38 Å². The molecule has 0 radical (unpaired) electrons.